The molecule has 2 aromatic heterocycles. The molecule has 26 heavy (non-hydrogen) atoms. The number of aryl methyl sites for hydroxylation is 1. The van der Waals surface area contributed by atoms with Crippen LogP contribution in [0.2, 0.25) is 0 Å². The van der Waals surface area contributed by atoms with Crippen LogP contribution in [0.15, 0.2) is 59.5 Å². The third-order valence-corrected chi connectivity index (χ3v) is 4.48. The van der Waals surface area contributed by atoms with Crippen LogP contribution in [0, 0.1) is 13.8 Å². The van der Waals surface area contributed by atoms with Gasteiger partial charge in [0, 0.05) is 17.2 Å². The minimum absolute atomic E-state index is 0.599. The highest BCUT2D eigenvalue weighted by Gasteiger charge is 2.13. The number of oxazole rings is 1. The Morgan fingerprint density at radius 2 is 1.81 bits per heavy atom. The third-order valence-electron chi connectivity index (χ3n) is 4.48. The van der Waals surface area contributed by atoms with Gasteiger partial charge in [0.15, 0.2) is 0 Å². The zero-order chi connectivity index (χ0) is 18.1. The summed E-state index contributed by atoms with van der Waals surface area (Å²) >= 11 is 0. The molecule has 0 bridgehead atoms. The molecule has 6 heteroatoms. The van der Waals surface area contributed by atoms with Crippen LogP contribution in [0.4, 0.5) is 0 Å². The molecule has 0 saturated carbocycles. The lowest BCUT2D eigenvalue weighted by molar-refractivity contribution is 0.411. The van der Waals surface area contributed by atoms with Crippen molar-refractivity contribution in [1.82, 2.24) is 20.0 Å². The minimum Gasteiger partial charge on any atom is -0.496 e. The molecular weight excluding hydrogens is 328 g/mol. The van der Waals surface area contributed by atoms with Crippen LogP contribution >= 0.6 is 0 Å². The largest absolute Gasteiger partial charge is 0.496 e. The van der Waals surface area contributed by atoms with Gasteiger partial charge < -0.3 is 9.15 Å². The van der Waals surface area contributed by atoms with Crippen molar-refractivity contribution in [3.8, 4) is 34.1 Å². The molecule has 0 saturated heterocycles. The van der Waals surface area contributed by atoms with Crippen LogP contribution in [0.25, 0.3) is 28.4 Å². The number of hydrogen-bond acceptors (Lipinski definition) is 5. The van der Waals surface area contributed by atoms with Gasteiger partial charge in [-0.3, -0.25) is 0 Å². The number of nitrogens with zero attached hydrogens (tertiary/aromatic N) is 4. The van der Waals surface area contributed by atoms with Crippen molar-refractivity contribution in [3.63, 3.8) is 0 Å². The van der Waals surface area contributed by atoms with Crippen LogP contribution in [0.1, 0.15) is 11.1 Å². The molecule has 0 spiro atoms. The van der Waals surface area contributed by atoms with Gasteiger partial charge >= 0.3 is 0 Å². The first-order chi connectivity index (χ1) is 12.7. The highest BCUT2D eigenvalue weighted by Crippen LogP contribution is 2.29. The summed E-state index contributed by atoms with van der Waals surface area (Å²) in [6.45, 7) is 4.10. The molecule has 6 nitrogen and oxygen atoms in total. The number of hydrogen-bond donors (Lipinski definition) is 0. The van der Waals surface area contributed by atoms with Crippen molar-refractivity contribution in [2.75, 3.05) is 7.11 Å². The average Bonchev–Trinajstić information content (AvgIpc) is 3.36. The normalized spacial score (nSPS) is 10.9. The summed E-state index contributed by atoms with van der Waals surface area (Å²) in [7, 11) is 1.68. The maximum atomic E-state index is 5.49. The Balaban J connectivity index is 1.75. The van der Waals surface area contributed by atoms with Crippen LogP contribution < -0.4 is 4.74 Å². The minimum atomic E-state index is 0.599. The summed E-state index contributed by atoms with van der Waals surface area (Å²) < 4.78 is 12.6. The Labute approximate surface area is 151 Å². The second-order valence-corrected chi connectivity index (χ2v) is 6.04. The smallest absolute Gasteiger partial charge is 0.225 e. The fourth-order valence-electron chi connectivity index (χ4n) is 2.92. The Morgan fingerprint density at radius 3 is 2.50 bits per heavy atom. The van der Waals surface area contributed by atoms with Gasteiger partial charge in [0.05, 0.1) is 30.9 Å². The molecule has 0 aliphatic carbocycles. The van der Waals surface area contributed by atoms with Gasteiger partial charge in [0.25, 0.3) is 0 Å². The van der Waals surface area contributed by atoms with E-state index in [2.05, 4.69) is 28.3 Å². The van der Waals surface area contributed by atoms with Gasteiger partial charge in [-0.25, -0.2) is 9.67 Å². The van der Waals surface area contributed by atoms with Crippen LogP contribution in [-0.4, -0.2) is 27.1 Å². The monoisotopic (exact) mass is 346 g/mol. The average molecular weight is 346 g/mol. The number of methoxy groups -OCH3 is 1. The molecule has 0 N–H and O–H groups in total. The van der Waals surface area contributed by atoms with E-state index in [0.717, 1.165) is 39.4 Å². The predicted octanol–water partition coefficient (Wildman–Crippen LogP) is 4.21. The summed E-state index contributed by atoms with van der Waals surface area (Å²) in [5.41, 5.74) is 5.99. The van der Waals surface area contributed by atoms with Crippen molar-refractivity contribution < 1.29 is 9.15 Å². The molecule has 0 amide bonds. The molecule has 2 aromatic carbocycles. The zero-order valence-corrected chi connectivity index (χ0v) is 14.8. The second kappa shape index (κ2) is 6.48. The molecule has 0 aliphatic rings. The molecule has 0 aliphatic heterocycles. The van der Waals surface area contributed by atoms with E-state index in [-0.39, 0.29) is 0 Å². The summed E-state index contributed by atoms with van der Waals surface area (Å²) in [6.07, 6.45) is 4.95. The molecule has 0 atom stereocenters. The van der Waals surface area contributed by atoms with Crippen molar-refractivity contribution in [3.05, 3.63) is 66.2 Å². The maximum Gasteiger partial charge on any atom is 0.225 e. The van der Waals surface area contributed by atoms with E-state index in [9.17, 15) is 0 Å². The number of rotatable bonds is 4. The first-order valence-corrected chi connectivity index (χ1v) is 8.24. The van der Waals surface area contributed by atoms with E-state index < -0.39 is 0 Å². The van der Waals surface area contributed by atoms with E-state index in [0.29, 0.717) is 5.89 Å². The Hall–Kier alpha value is -3.41. The molecule has 0 unspecified atom stereocenters. The van der Waals surface area contributed by atoms with E-state index in [4.69, 9.17) is 9.15 Å². The topological polar surface area (TPSA) is 66.0 Å². The molecule has 0 fully saturated rings. The van der Waals surface area contributed by atoms with Gasteiger partial charge in [-0.2, -0.15) is 0 Å². The van der Waals surface area contributed by atoms with Gasteiger partial charge in [0.2, 0.25) is 5.89 Å². The quantitative estimate of drug-likeness (QED) is 0.554. The summed E-state index contributed by atoms with van der Waals surface area (Å²) in [5, 5.41) is 8.36. The standard InChI is InChI=1S/C20H18N4O2/c1-13-10-17(11-19(25-3)14(13)2)24-18(12-22-23-24)15-4-6-16(7-5-15)20-21-8-9-26-20/h4-12H,1-3H3. The van der Waals surface area contributed by atoms with Crippen molar-refractivity contribution in [1.29, 1.82) is 0 Å². The van der Waals surface area contributed by atoms with E-state index in [1.807, 2.05) is 41.9 Å². The van der Waals surface area contributed by atoms with E-state index in [1.165, 1.54) is 0 Å². The first-order valence-electron chi connectivity index (χ1n) is 8.24. The van der Waals surface area contributed by atoms with Gasteiger partial charge in [0.1, 0.15) is 12.0 Å². The SMILES string of the molecule is COc1cc(-n2nncc2-c2ccc(-c3ncco3)cc2)cc(C)c1C. The zero-order valence-electron chi connectivity index (χ0n) is 14.8. The Morgan fingerprint density at radius 1 is 1.04 bits per heavy atom. The van der Waals surface area contributed by atoms with Crippen LogP contribution in [0.5, 0.6) is 5.75 Å². The third kappa shape index (κ3) is 2.75. The second-order valence-electron chi connectivity index (χ2n) is 6.04. The first kappa shape index (κ1) is 16.1. The lowest BCUT2D eigenvalue weighted by Crippen LogP contribution is -2.02. The lowest BCUT2D eigenvalue weighted by atomic mass is 10.1. The molecule has 4 rings (SSSR count). The molecule has 2 heterocycles. The molecule has 130 valence electrons. The highest BCUT2D eigenvalue weighted by atomic mass is 16.5. The van der Waals surface area contributed by atoms with Gasteiger partial charge in [-0.1, -0.05) is 17.3 Å². The molecule has 4 aromatic rings. The molecule has 0 radical (unpaired) electrons. The summed E-state index contributed by atoms with van der Waals surface area (Å²) in [6, 6.07) is 12.0. The van der Waals surface area contributed by atoms with Gasteiger partial charge in [-0.05, 0) is 43.2 Å². The number of aromatic nitrogens is 4. The fraction of sp³-hybridized carbons (Fsp3) is 0.150. The maximum absolute atomic E-state index is 5.49. The highest BCUT2D eigenvalue weighted by molar-refractivity contribution is 5.66. The van der Waals surface area contributed by atoms with Crippen LogP contribution in [-0.2, 0) is 0 Å². The fourth-order valence-corrected chi connectivity index (χ4v) is 2.92. The Kier molecular flexibility index (Phi) is 4.01. The van der Waals surface area contributed by atoms with Crippen molar-refractivity contribution in [2.24, 2.45) is 0 Å². The summed E-state index contributed by atoms with van der Waals surface area (Å²) in [4.78, 5) is 4.17. The van der Waals surface area contributed by atoms with Crippen LogP contribution in [0.3, 0.4) is 0 Å². The number of ether oxygens (including phenoxy) is 1. The molecular formula is C20H18N4O2. The lowest BCUT2D eigenvalue weighted by Gasteiger charge is -2.12. The predicted molar refractivity (Wildman–Crippen MR) is 98.3 cm³/mol. The van der Waals surface area contributed by atoms with E-state index >= 15 is 0 Å². The van der Waals surface area contributed by atoms with Crippen molar-refractivity contribution >= 4 is 0 Å². The Bertz CT molecular complexity index is 1030. The van der Waals surface area contributed by atoms with Crippen molar-refractivity contribution in [2.45, 2.75) is 13.8 Å². The number of benzene rings is 2. The summed E-state index contributed by atoms with van der Waals surface area (Å²) in [5.74, 6) is 1.43. The van der Waals surface area contributed by atoms with E-state index in [1.54, 1.807) is 25.8 Å². The van der Waals surface area contributed by atoms with Gasteiger partial charge in [-0.15, -0.1) is 5.10 Å².